The van der Waals surface area contributed by atoms with Crippen LogP contribution in [0.25, 0.3) is 11.0 Å². The molecule has 162 valence electrons. The second kappa shape index (κ2) is 8.69. The van der Waals surface area contributed by atoms with Crippen molar-refractivity contribution in [3.05, 3.63) is 59.4 Å². The Hall–Kier alpha value is -3.52. The summed E-state index contributed by atoms with van der Waals surface area (Å²) in [7, 11) is 1.51. The number of nitrogen functional groups attached to an aromatic ring is 1. The first-order valence-corrected chi connectivity index (χ1v) is 10.1. The number of amidine groups is 1. The number of carboxylic acid groups (broad SMARTS) is 1. The van der Waals surface area contributed by atoms with Gasteiger partial charge in [0.05, 0.1) is 13.0 Å². The number of nitrogens with two attached hydrogens (primary N) is 1. The van der Waals surface area contributed by atoms with Gasteiger partial charge < -0.3 is 30.0 Å². The number of aliphatic carboxylic acids is 1. The van der Waals surface area contributed by atoms with E-state index in [9.17, 15) is 9.90 Å². The highest BCUT2D eigenvalue weighted by Crippen LogP contribution is 2.33. The van der Waals surface area contributed by atoms with Crippen LogP contribution in [0, 0.1) is 5.41 Å². The van der Waals surface area contributed by atoms with E-state index in [1.165, 1.54) is 7.11 Å². The second-order valence-corrected chi connectivity index (χ2v) is 7.62. The van der Waals surface area contributed by atoms with Crippen LogP contribution in [-0.2, 0) is 11.2 Å². The van der Waals surface area contributed by atoms with Gasteiger partial charge >= 0.3 is 5.97 Å². The summed E-state index contributed by atoms with van der Waals surface area (Å²) in [6.07, 6.45) is 1.28. The first-order valence-electron chi connectivity index (χ1n) is 10.1. The summed E-state index contributed by atoms with van der Waals surface area (Å²) in [5, 5.41) is 21.4. The van der Waals surface area contributed by atoms with Gasteiger partial charge in [0.2, 0.25) is 0 Å². The van der Waals surface area contributed by atoms with Crippen molar-refractivity contribution < 1.29 is 23.8 Å². The molecule has 31 heavy (non-hydrogen) atoms. The average molecular weight is 423 g/mol. The van der Waals surface area contributed by atoms with E-state index in [-0.39, 0.29) is 18.4 Å². The van der Waals surface area contributed by atoms with Crippen molar-refractivity contribution in [3.8, 4) is 11.5 Å². The van der Waals surface area contributed by atoms with Crippen molar-refractivity contribution in [1.29, 1.82) is 5.41 Å². The average Bonchev–Trinajstić information content (AvgIpc) is 3.41. The van der Waals surface area contributed by atoms with Crippen LogP contribution in [0.5, 0.6) is 11.5 Å². The van der Waals surface area contributed by atoms with Crippen LogP contribution in [0.1, 0.15) is 29.2 Å². The molecule has 1 aliphatic rings. The van der Waals surface area contributed by atoms with Crippen LogP contribution in [0.2, 0.25) is 0 Å². The number of carbonyl (C=O) groups is 1. The molecule has 4 rings (SSSR count). The van der Waals surface area contributed by atoms with Gasteiger partial charge in [-0.05, 0) is 48.9 Å². The summed E-state index contributed by atoms with van der Waals surface area (Å²) in [6, 6.07) is 12.3. The maximum absolute atomic E-state index is 12.0. The number of furan rings is 1. The Labute approximate surface area is 179 Å². The fourth-order valence-corrected chi connectivity index (χ4v) is 3.83. The third kappa shape index (κ3) is 4.49. The van der Waals surface area contributed by atoms with Gasteiger partial charge in [0.15, 0.2) is 11.3 Å². The zero-order valence-corrected chi connectivity index (χ0v) is 17.2. The van der Waals surface area contributed by atoms with E-state index in [2.05, 4.69) is 5.32 Å². The Bertz CT molecular complexity index is 1100. The number of hydrogen-bond donors (Lipinski definition) is 4. The minimum atomic E-state index is -0.939. The Morgan fingerprint density at radius 1 is 1.32 bits per heavy atom. The summed E-state index contributed by atoms with van der Waals surface area (Å²) in [5.41, 5.74) is 7.28. The van der Waals surface area contributed by atoms with Crippen LogP contribution in [0.3, 0.4) is 0 Å². The van der Waals surface area contributed by atoms with Gasteiger partial charge in [-0.3, -0.25) is 10.2 Å². The highest BCUT2D eigenvalue weighted by atomic mass is 16.5. The monoisotopic (exact) mass is 423 g/mol. The summed E-state index contributed by atoms with van der Waals surface area (Å²) in [6.45, 7) is 1.76. The SMILES string of the molecule is COc1cc(C(=N)N)cc2cc(CC(C(=O)O)c3ccc(O[C@H]4CCNC4)cc3)oc12. The van der Waals surface area contributed by atoms with Gasteiger partial charge in [0.1, 0.15) is 23.4 Å². The lowest BCUT2D eigenvalue weighted by atomic mass is 9.94. The van der Waals surface area contributed by atoms with Crippen molar-refractivity contribution in [1.82, 2.24) is 5.32 Å². The highest BCUT2D eigenvalue weighted by molar-refractivity contribution is 6.00. The van der Waals surface area contributed by atoms with E-state index in [1.54, 1.807) is 30.3 Å². The molecule has 8 nitrogen and oxygen atoms in total. The maximum atomic E-state index is 12.0. The standard InChI is InChI=1S/C23H25N3O5/c1-29-20-10-15(22(24)25)8-14-9-18(31-21(14)20)11-19(23(27)28)13-2-4-16(5-3-13)30-17-6-7-26-12-17/h2-5,8-10,17,19,26H,6-7,11-12H2,1H3,(H3,24,25)(H,27,28)/t17-,19?/m0/s1. The molecule has 0 radical (unpaired) electrons. The molecule has 2 aromatic carbocycles. The van der Waals surface area contributed by atoms with Crippen LogP contribution < -0.4 is 20.5 Å². The minimum absolute atomic E-state index is 0.0814. The van der Waals surface area contributed by atoms with Crippen LogP contribution >= 0.6 is 0 Å². The number of rotatable bonds is 8. The molecule has 1 fully saturated rings. The Morgan fingerprint density at radius 2 is 2.10 bits per heavy atom. The molecule has 1 aliphatic heterocycles. The summed E-state index contributed by atoms with van der Waals surface area (Å²) < 4.78 is 17.2. The number of carboxylic acids is 1. The lowest BCUT2D eigenvalue weighted by Crippen LogP contribution is -2.19. The minimum Gasteiger partial charge on any atom is -0.493 e. The number of fused-ring (bicyclic) bond motifs is 1. The van der Waals surface area contributed by atoms with Crippen molar-refractivity contribution in [2.24, 2.45) is 5.73 Å². The molecule has 2 heterocycles. The molecule has 0 bridgehead atoms. The predicted molar refractivity (Wildman–Crippen MR) is 116 cm³/mol. The molecule has 0 amide bonds. The molecule has 1 saturated heterocycles. The topological polar surface area (TPSA) is 131 Å². The summed E-state index contributed by atoms with van der Waals surface area (Å²) >= 11 is 0. The molecular formula is C23H25N3O5. The molecule has 1 aromatic heterocycles. The van der Waals surface area contributed by atoms with E-state index in [1.807, 2.05) is 12.1 Å². The highest BCUT2D eigenvalue weighted by Gasteiger charge is 2.24. The molecule has 1 unspecified atom stereocenters. The molecule has 5 N–H and O–H groups in total. The van der Waals surface area contributed by atoms with E-state index >= 15 is 0 Å². The Kier molecular flexibility index (Phi) is 5.81. The van der Waals surface area contributed by atoms with E-state index in [4.69, 9.17) is 25.0 Å². The summed E-state index contributed by atoms with van der Waals surface area (Å²) in [5.74, 6) is -0.108. The van der Waals surface area contributed by atoms with E-state index < -0.39 is 11.9 Å². The Morgan fingerprint density at radius 3 is 2.71 bits per heavy atom. The molecule has 0 aliphatic carbocycles. The van der Waals surface area contributed by atoms with Gasteiger partial charge in [-0.25, -0.2) is 0 Å². The first kappa shape index (κ1) is 20.7. The molecule has 0 saturated carbocycles. The number of methoxy groups -OCH3 is 1. The number of nitrogens with one attached hydrogen (secondary N) is 2. The van der Waals surface area contributed by atoms with Crippen LogP contribution in [-0.4, -0.2) is 43.2 Å². The normalized spacial score (nSPS) is 16.9. The Balaban J connectivity index is 1.57. The first-order chi connectivity index (χ1) is 14.9. The van der Waals surface area contributed by atoms with Crippen LogP contribution in [0.15, 0.2) is 46.9 Å². The van der Waals surface area contributed by atoms with Gasteiger partial charge in [0.25, 0.3) is 0 Å². The third-order valence-corrected chi connectivity index (χ3v) is 5.47. The van der Waals surface area contributed by atoms with Crippen molar-refractivity contribution >= 4 is 22.8 Å². The van der Waals surface area contributed by atoms with Gasteiger partial charge in [-0.1, -0.05) is 12.1 Å². The van der Waals surface area contributed by atoms with Crippen molar-refractivity contribution in [2.75, 3.05) is 20.2 Å². The lowest BCUT2D eigenvalue weighted by Gasteiger charge is -2.15. The van der Waals surface area contributed by atoms with Crippen molar-refractivity contribution in [2.45, 2.75) is 24.9 Å². The number of ether oxygens (including phenoxy) is 2. The van der Waals surface area contributed by atoms with Gasteiger partial charge in [-0.2, -0.15) is 0 Å². The van der Waals surface area contributed by atoms with E-state index in [0.29, 0.717) is 33.6 Å². The third-order valence-electron chi connectivity index (χ3n) is 5.47. The molecular weight excluding hydrogens is 398 g/mol. The quantitative estimate of drug-likeness (QED) is 0.324. The van der Waals surface area contributed by atoms with Gasteiger partial charge in [-0.15, -0.1) is 0 Å². The maximum Gasteiger partial charge on any atom is 0.311 e. The molecule has 2 atom stereocenters. The molecule has 0 spiro atoms. The zero-order valence-electron chi connectivity index (χ0n) is 17.2. The lowest BCUT2D eigenvalue weighted by molar-refractivity contribution is -0.138. The molecule has 3 aromatic rings. The molecule has 8 heteroatoms. The van der Waals surface area contributed by atoms with Crippen LogP contribution in [0.4, 0.5) is 0 Å². The second-order valence-electron chi connectivity index (χ2n) is 7.62. The fourth-order valence-electron chi connectivity index (χ4n) is 3.83. The fraction of sp³-hybridized carbons (Fsp3) is 0.304. The number of benzene rings is 2. The largest absolute Gasteiger partial charge is 0.493 e. The van der Waals surface area contributed by atoms with Gasteiger partial charge in [0, 0.05) is 23.9 Å². The number of hydrogen-bond acceptors (Lipinski definition) is 6. The van der Waals surface area contributed by atoms with E-state index in [0.717, 1.165) is 25.3 Å². The zero-order chi connectivity index (χ0) is 22.0. The smallest absolute Gasteiger partial charge is 0.311 e. The predicted octanol–water partition coefficient (Wildman–Crippen LogP) is 2.88. The van der Waals surface area contributed by atoms with Crippen molar-refractivity contribution in [3.63, 3.8) is 0 Å². The summed E-state index contributed by atoms with van der Waals surface area (Å²) in [4.78, 5) is 12.0.